The number of nitrogen functional groups attached to an aromatic ring is 1. The monoisotopic (exact) mass is 319 g/mol. The summed E-state index contributed by atoms with van der Waals surface area (Å²) in [5, 5.41) is 12.9. The van der Waals surface area contributed by atoms with Gasteiger partial charge in [0.2, 0.25) is 0 Å². The Hall–Kier alpha value is -2.11. The lowest BCUT2D eigenvalue weighted by molar-refractivity contribution is 0.787. The third kappa shape index (κ3) is 2.57. The Morgan fingerprint density at radius 3 is 2.67 bits per heavy atom. The smallest absolute Gasteiger partial charge is 0.188 e. The van der Waals surface area contributed by atoms with E-state index in [9.17, 15) is 0 Å². The van der Waals surface area contributed by atoms with E-state index in [0.29, 0.717) is 27.1 Å². The van der Waals surface area contributed by atoms with Gasteiger partial charge in [-0.15, -0.1) is 5.10 Å². The zero-order chi connectivity index (χ0) is 15.0. The molecule has 3 aromatic rings. The van der Waals surface area contributed by atoms with E-state index in [1.165, 1.54) is 0 Å². The molecule has 0 saturated carbocycles. The van der Waals surface area contributed by atoms with Gasteiger partial charge in [0.25, 0.3) is 0 Å². The molecular weight excluding hydrogens is 309 g/mol. The molecule has 2 aromatic carbocycles. The number of hydrogen-bond acceptors (Lipinski definition) is 4. The zero-order valence-corrected chi connectivity index (χ0v) is 12.6. The van der Waals surface area contributed by atoms with Crippen LogP contribution in [0, 0.1) is 6.92 Å². The van der Waals surface area contributed by atoms with E-state index in [-0.39, 0.29) is 0 Å². The van der Waals surface area contributed by atoms with Gasteiger partial charge >= 0.3 is 0 Å². The summed E-state index contributed by atoms with van der Waals surface area (Å²) in [6.07, 6.45) is 0. The third-order valence-corrected chi connectivity index (χ3v) is 3.65. The Morgan fingerprint density at radius 1 is 1.10 bits per heavy atom. The van der Waals surface area contributed by atoms with Crippen LogP contribution < -0.4 is 5.73 Å². The highest BCUT2D eigenvalue weighted by atomic mass is 35.5. The predicted octanol–water partition coefficient (Wildman–Crippen LogP) is 3.53. The summed E-state index contributed by atoms with van der Waals surface area (Å²) in [5.74, 6) is 0.533. The fraction of sp³-hybridized carbons (Fsp3) is 0.0714. The molecule has 2 N–H and O–H groups in total. The van der Waals surface area contributed by atoms with Crippen molar-refractivity contribution in [1.82, 2.24) is 20.2 Å². The molecule has 0 spiro atoms. The molecule has 0 fully saturated rings. The minimum Gasteiger partial charge on any atom is -0.399 e. The summed E-state index contributed by atoms with van der Waals surface area (Å²) in [6, 6.07) is 10.8. The van der Waals surface area contributed by atoms with Crippen molar-refractivity contribution in [1.29, 1.82) is 0 Å². The standard InChI is InChI=1S/C14H11Cl2N5/c1-8-2-3-9(15)6-13(8)21-14(18-19-20-21)11-5-4-10(17)7-12(11)16/h2-7H,17H2,1H3. The van der Waals surface area contributed by atoms with Crippen LogP contribution in [0.2, 0.25) is 10.0 Å². The topological polar surface area (TPSA) is 69.6 Å². The molecule has 0 saturated heterocycles. The molecule has 0 bridgehead atoms. The second-order valence-corrected chi connectivity index (χ2v) is 5.43. The normalized spacial score (nSPS) is 10.8. The van der Waals surface area contributed by atoms with Gasteiger partial charge in [-0.2, -0.15) is 4.68 Å². The summed E-state index contributed by atoms with van der Waals surface area (Å²) < 4.78 is 1.61. The van der Waals surface area contributed by atoms with Crippen LogP contribution >= 0.6 is 23.2 Å². The molecule has 3 rings (SSSR count). The quantitative estimate of drug-likeness (QED) is 0.733. The van der Waals surface area contributed by atoms with Crippen LogP contribution in [0.1, 0.15) is 5.56 Å². The van der Waals surface area contributed by atoms with Crippen molar-refractivity contribution in [3.05, 3.63) is 52.0 Å². The van der Waals surface area contributed by atoms with E-state index >= 15 is 0 Å². The maximum atomic E-state index is 6.24. The fourth-order valence-corrected chi connectivity index (χ4v) is 2.48. The predicted molar refractivity (Wildman–Crippen MR) is 83.8 cm³/mol. The van der Waals surface area contributed by atoms with E-state index < -0.39 is 0 Å². The molecule has 21 heavy (non-hydrogen) atoms. The zero-order valence-electron chi connectivity index (χ0n) is 11.1. The molecule has 1 heterocycles. The van der Waals surface area contributed by atoms with E-state index in [1.54, 1.807) is 22.9 Å². The molecule has 1 aromatic heterocycles. The summed E-state index contributed by atoms with van der Waals surface area (Å²) >= 11 is 12.3. The SMILES string of the molecule is Cc1ccc(Cl)cc1-n1nnnc1-c1ccc(N)cc1Cl. The first-order chi connectivity index (χ1) is 10.1. The number of aryl methyl sites for hydroxylation is 1. The lowest BCUT2D eigenvalue weighted by Gasteiger charge is -2.09. The van der Waals surface area contributed by atoms with Gasteiger partial charge in [-0.05, 0) is 53.2 Å². The number of aromatic nitrogens is 4. The molecule has 7 heteroatoms. The van der Waals surface area contributed by atoms with Gasteiger partial charge in [0.05, 0.1) is 10.7 Å². The molecular formula is C14H11Cl2N5. The summed E-state index contributed by atoms with van der Waals surface area (Å²) in [5.41, 5.74) is 8.80. The highest BCUT2D eigenvalue weighted by Crippen LogP contribution is 2.30. The van der Waals surface area contributed by atoms with Gasteiger partial charge in [-0.1, -0.05) is 29.3 Å². The molecule has 0 unspecified atom stereocenters. The lowest BCUT2D eigenvalue weighted by Crippen LogP contribution is -2.02. The Morgan fingerprint density at radius 2 is 1.90 bits per heavy atom. The van der Waals surface area contributed by atoms with Crippen molar-refractivity contribution >= 4 is 28.9 Å². The Balaban J connectivity index is 2.19. The van der Waals surface area contributed by atoms with Crippen molar-refractivity contribution < 1.29 is 0 Å². The van der Waals surface area contributed by atoms with E-state index in [1.807, 2.05) is 25.1 Å². The van der Waals surface area contributed by atoms with Gasteiger partial charge in [-0.25, -0.2) is 0 Å². The van der Waals surface area contributed by atoms with Crippen molar-refractivity contribution in [2.24, 2.45) is 0 Å². The number of hydrogen-bond donors (Lipinski definition) is 1. The molecule has 0 radical (unpaired) electrons. The van der Waals surface area contributed by atoms with Crippen LogP contribution in [0.5, 0.6) is 0 Å². The summed E-state index contributed by atoms with van der Waals surface area (Å²) in [4.78, 5) is 0. The first kappa shape index (κ1) is 13.9. The lowest BCUT2D eigenvalue weighted by atomic mass is 10.1. The summed E-state index contributed by atoms with van der Waals surface area (Å²) in [7, 11) is 0. The van der Waals surface area contributed by atoms with Crippen LogP contribution in [-0.2, 0) is 0 Å². The van der Waals surface area contributed by atoms with Gasteiger partial charge in [0.1, 0.15) is 0 Å². The molecule has 0 aliphatic rings. The second kappa shape index (κ2) is 5.35. The van der Waals surface area contributed by atoms with Crippen molar-refractivity contribution in [3.8, 4) is 17.1 Å². The molecule has 5 nitrogen and oxygen atoms in total. The fourth-order valence-electron chi connectivity index (χ4n) is 2.04. The average molecular weight is 320 g/mol. The van der Waals surface area contributed by atoms with Crippen LogP contribution in [-0.4, -0.2) is 20.2 Å². The molecule has 106 valence electrons. The van der Waals surface area contributed by atoms with Gasteiger partial charge in [-0.3, -0.25) is 0 Å². The third-order valence-electron chi connectivity index (χ3n) is 3.10. The summed E-state index contributed by atoms with van der Waals surface area (Å²) in [6.45, 7) is 1.96. The number of tetrazole rings is 1. The second-order valence-electron chi connectivity index (χ2n) is 4.58. The van der Waals surface area contributed by atoms with Crippen LogP contribution in [0.4, 0.5) is 5.69 Å². The Bertz CT molecular complexity index is 813. The van der Waals surface area contributed by atoms with Crippen LogP contribution in [0.15, 0.2) is 36.4 Å². The van der Waals surface area contributed by atoms with Crippen molar-refractivity contribution in [2.45, 2.75) is 6.92 Å². The number of nitrogens with two attached hydrogens (primary N) is 1. The maximum Gasteiger partial charge on any atom is 0.188 e. The molecule has 0 aliphatic carbocycles. The highest BCUT2D eigenvalue weighted by Gasteiger charge is 2.15. The number of anilines is 1. The van der Waals surface area contributed by atoms with Gasteiger partial charge in [0.15, 0.2) is 5.82 Å². The van der Waals surface area contributed by atoms with Crippen LogP contribution in [0.25, 0.3) is 17.1 Å². The largest absolute Gasteiger partial charge is 0.399 e. The highest BCUT2D eigenvalue weighted by molar-refractivity contribution is 6.33. The first-order valence-corrected chi connectivity index (χ1v) is 6.92. The van der Waals surface area contributed by atoms with E-state index in [0.717, 1.165) is 11.3 Å². The van der Waals surface area contributed by atoms with E-state index in [2.05, 4.69) is 15.5 Å². The molecule has 0 aliphatic heterocycles. The number of benzene rings is 2. The Labute approximate surface area is 131 Å². The van der Waals surface area contributed by atoms with Crippen LogP contribution in [0.3, 0.4) is 0 Å². The molecule has 0 atom stereocenters. The van der Waals surface area contributed by atoms with Crippen molar-refractivity contribution in [3.63, 3.8) is 0 Å². The maximum absolute atomic E-state index is 6.24. The van der Waals surface area contributed by atoms with E-state index in [4.69, 9.17) is 28.9 Å². The Kier molecular flexibility index (Phi) is 3.53. The number of rotatable bonds is 2. The minimum absolute atomic E-state index is 0.491. The first-order valence-electron chi connectivity index (χ1n) is 6.16. The van der Waals surface area contributed by atoms with Crippen molar-refractivity contribution in [2.75, 3.05) is 5.73 Å². The number of nitrogens with zero attached hydrogens (tertiary/aromatic N) is 4. The number of halogens is 2. The molecule has 0 amide bonds. The van der Waals surface area contributed by atoms with Gasteiger partial charge in [0, 0.05) is 16.3 Å². The van der Waals surface area contributed by atoms with Gasteiger partial charge < -0.3 is 5.73 Å². The minimum atomic E-state index is 0.491. The average Bonchev–Trinajstić information content (AvgIpc) is 2.90.